The Hall–Kier alpha value is -1.92. The number of hydrogen-bond acceptors (Lipinski definition) is 5. The van der Waals surface area contributed by atoms with E-state index in [-0.39, 0.29) is 18.5 Å². The van der Waals surface area contributed by atoms with Gasteiger partial charge in [0.2, 0.25) is 5.91 Å². The lowest BCUT2D eigenvalue weighted by Crippen LogP contribution is -2.45. The van der Waals surface area contributed by atoms with Crippen LogP contribution in [0, 0.1) is 0 Å². The molecule has 6 heteroatoms. The van der Waals surface area contributed by atoms with Gasteiger partial charge in [0.1, 0.15) is 0 Å². The molecule has 0 aromatic heterocycles. The van der Waals surface area contributed by atoms with Crippen molar-refractivity contribution in [2.24, 2.45) is 0 Å². The number of aliphatic hydroxyl groups excluding tert-OH is 2. The molecule has 0 aliphatic heterocycles. The maximum absolute atomic E-state index is 12.4. The Labute approximate surface area is 404 Å². The molecule has 0 aliphatic rings. The maximum atomic E-state index is 12.4. The van der Waals surface area contributed by atoms with Crippen molar-refractivity contribution in [3.8, 4) is 0 Å². The highest BCUT2D eigenvalue weighted by Crippen LogP contribution is 2.16. The Morgan fingerprint density at radius 1 is 0.431 bits per heavy atom. The summed E-state index contributed by atoms with van der Waals surface area (Å²) in [6, 6.07) is -0.639. The molecule has 0 rings (SSSR count). The third-order valence-corrected chi connectivity index (χ3v) is 13.2. The summed E-state index contributed by atoms with van der Waals surface area (Å²) in [5.41, 5.74) is 0. The molecule has 0 saturated heterocycles. The van der Waals surface area contributed by atoms with Crippen molar-refractivity contribution >= 4 is 11.9 Å². The van der Waals surface area contributed by atoms with Crippen LogP contribution in [0.5, 0.6) is 0 Å². The van der Waals surface area contributed by atoms with Gasteiger partial charge in [-0.15, -0.1) is 0 Å². The van der Waals surface area contributed by atoms with Gasteiger partial charge in [-0.25, -0.2) is 0 Å². The van der Waals surface area contributed by atoms with E-state index in [1.54, 1.807) is 6.08 Å². The van der Waals surface area contributed by atoms with Gasteiger partial charge in [0.25, 0.3) is 0 Å². The van der Waals surface area contributed by atoms with E-state index in [0.717, 1.165) is 83.5 Å². The van der Waals surface area contributed by atoms with Gasteiger partial charge >= 0.3 is 5.97 Å². The van der Waals surface area contributed by atoms with Gasteiger partial charge in [-0.05, 0) is 70.6 Å². The van der Waals surface area contributed by atoms with E-state index < -0.39 is 12.1 Å². The highest BCUT2D eigenvalue weighted by molar-refractivity contribution is 5.76. The number of amides is 1. The molecule has 0 heterocycles. The Kier molecular flexibility index (Phi) is 53.1. The number of aliphatic hydroxyl groups is 2. The number of hydrogen-bond donors (Lipinski definition) is 3. The van der Waals surface area contributed by atoms with Crippen LogP contribution in [-0.4, -0.2) is 47.4 Å². The lowest BCUT2D eigenvalue weighted by molar-refractivity contribution is -0.143. The van der Waals surface area contributed by atoms with Crippen molar-refractivity contribution in [2.45, 2.75) is 315 Å². The van der Waals surface area contributed by atoms with Crippen molar-refractivity contribution in [2.75, 3.05) is 13.2 Å². The first kappa shape index (κ1) is 63.1. The molecule has 0 radical (unpaired) electrons. The summed E-state index contributed by atoms with van der Waals surface area (Å²) >= 11 is 0. The largest absolute Gasteiger partial charge is 0.466 e. The van der Waals surface area contributed by atoms with Crippen LogP contribution in [-0.2, 0) is 14.3 Å². The highest BCUT2D eigenvalue weighted by Gasteiger charge is 2.18. The molecule has 0 aromatic rings. The van der Waals surface area contributed by atoms with Crippen LogP contribution in [0.2, 0.25) is 0 Å². The molecular weight excluding hydrogens is 803 g/mol. The van der Waals surface area contributed by atoms with Crippen molar-refractivity contribution in [3.05, 3.63) is 36.5 Å². The number of nitrogens with one attached hydrogen (secondary N) is 1. The SMILES string of the molecule is CCCCCCCCCCCC/C=C/C(O)C(CO)NC(=O)CCCCCCCCC/C=C\C/C=C\CCCCCOC(=O)CCCCCCCCCCCCCCCCCCCCC. The fourth-order valence-corrected chi connectivity index (χ4v) is 8.72. The summed E-state index contributed by atoms with van der Waals surface area (Å²) in [5.74, 6) is -0.0969. The van der Waals surface area contributed by atoms with E-state index in [1.165, 1.54) is 193 Å². The first-order valence-electron chi connectivity index (χ1n) is 28.8. The minimum Gasteiger partial charge on any atom is -0.466 e. The molecule has 65 heavy (non-hydrogen) atoms. The molecule has 3 N–H and O–H groups in total. The van der Waals surface area contributed by atoms with E-state index in [4.69, 9.17) is 4.74 Å². The van der Waals surface area contributed by atoms with E-state index in [9.17, 15) is 19.8 Å². The predicted octanol–water partition coefficient (Wildman–Crippen LogP) is 17.6. The fraction of sp³-hybridized carbons (Fsp3) is 0.864. The number of ether oxygens (including phenoxy) is 1. The van der Waals surface area contributed by atoms with Crippen LogP contribution in [0.4, 0.5) is 0 Å². The third-order valence-electron chi connectivity index (χ3n) is 13.2. The van der Waals surface area contributed by atoms with Crippen LogP contribution in [0.3, 0.4) is 0 Å². The van der Waals surface area contributed by atoms with E-state index in [1.807, 2.05) is 6.08 Å². The molecule has 0 saturated carbocycles. The van der Waals surface area contributed by atoms with Gasteiger partial charge in [-0.2, -0.15) is 0 Å². The number of carbonyl (C=O) groups excluding carboxylic acids is 2. The first-order chi connectivity index (χ1) is 32.0. The molecular formula is C59H111NO5. The molecule has 0 bridgehead atoms. The van der Waals surface area contributed by atoms with Crippen LogP contribution in [0.25, 0.3) is 0 Å². The summed E-state index contributed by atoms with van der Waals surface area (Å²) in [4.78, 5) is 24.5. The Bertz CT molecular complexity index is 1060. The molecule has 0 fully saturated rings. The molecule has 2 atom stereocenters. The second-order valence-corrected chi connectivity index (χ2v) is 19.6. The van der Waals surface area contributed by atoms with Crippen LogP contribution in [0.1, 0.15) is 303 Å². The zero-order chi connectivity index (χ0) is 47.2. The molecule has 382 valence electrons. The zero-order valence-corrected chi connectivity index (χ0v) is 43.5. The van der Waals surface area contributed by atoms with Gasteiger partial charge < -0.3 is 20.3 Å². The predicted molar refractivity (Wildman–Crippen MR) is 283 cm³/mol. The molecule has 0 aliphatic carbocycles. The number of allylic oxidation sites excluding steroid dienone is 5. The number of unbranched alkanes of at least 4 members (excludes halogenated alkanes) is 38. The Balaban J connectivity index is 3.48. The zero-order valence-electron chi connectivity index (χ0n) is 43.5. The maximum Gasteiger partial charge on any atom is 0.305 e. The van der Waals surface area contributed by atoms with Gasteiger partial charge in [-0.1, -0.05) is 256 Å². The fourth-order valence-electron chi connectivity index (χ4n) is 8.72. The standard InChI is InChI=1S/C59H111NO5/c1-3-5-7-9-11-13-15-17-18-19-20-23-26-29-33-37-41-45-49-53-59(64)65-54-50-46-42-38-34-30-27-24-21-22-25-28-32-36-40-44-48-52-58(63)60-56(55-61)57(62)51-47-43-39-35-31-16-14-12-10-8-6-4-2/h21,24,30,34,47,51,56-57,61-62H,3-20,22-23,25-29,31-33,35-46,48-50,52-55H2,1-2H3,(H,60,63)/b24-21-,34-30-,51-47+. The van der Waals surface area contributed by atoms with E-state index >= 15 is 0 Å². The monoisotopic (exact) mass is 914 g/mol. The van der Waals surface area contributed by atoms with Crippen molar-refractivity contribution < 1.29 is 24.5 Å². The topological polar surface area (TPSA) is 95.9 Å². The molecule has 0 spiro atoms. The minimum absolute atomic E-state index is 0.0120. The van der Waals surface area contributed by atoms with Crippen molar-refractivity contribution in [3.63, 3.8) is 0 Å². The quantitative estimate of drug-likeness (QED) is 0.0321. The van der Waals surface area contributed by atoms with Gasteiger partial charge in [0, 0.05) is 12.8 Å². The Morgan fingerprint density at radius 2 is 0.769 bits per heavy atom. The van der Waals surface area contributed by atoms with E-state index in [2.05, 4.69) is 43.5 Å². The van der Waals surface area contributed by atoms with Gasteiger partial charge in [-0.3, -0.25) is 9.59 Å². The van der Waals surface area contributed by atoms with Crippen LogP contribution < -0.4 is 5.32 Å². The summed E-state index contributed by atoms with van der Waals surface area (Å²) in [7, 11) is 0. The summed E-state index contributed by atoms with van der Waals surface area (Å²) in [5, 5.41) is 23.0. The van der Waals surface area contributed by atoms with Crippen LogP contribution in [0.15, 0.2) is 36.5 Å². The van der Waals surface area contributed by atoms with Crippen molar-refractivity contribution in [1.29, 1.82) is 0 Å². The average molecular weight is 915 g/mol. The molecule has 2 unspecified atom stereocenters. The molecule has 0 aromatic carbocycles. The third kappa shape index (κ3) is 51.3. The van der Waals surface area contributed by atoms with Crippen molar-refractivity contribution in [1.82, 2.24) is 5.32 Å². The summed E-state index contributed by atoms with van der Waals surface area (Å²) < 4.78 is 5.47. The van der Waals surface area contributed by atoms with Crippen LogP contribution >= 0.6 is 0 Å². The lowest BCUT2D eigenvalue weighted by atomic mass is 10.0. The highest BCUT2D eigenvalue weighted by atomic mass is 16.5. The molecule has 6 nitrogen and oxygen atoms in total. The molecule has 1 amide bonds. The average Bonchev–Trinajstić information content (AvgIpc) is 3.31. The van der Waals surface area contributed by atoms with Gasteiger partial charge in [0.05, 0.1) is 25.4 Å². The number of carbonyl (C=O) groups is 2. The number of rotatable bonds is 53. The second-order valence-electron chi connectivity index (χ2n) is 19.6. The minimum atomic E-state index is -0.854. The van der Waals surface area contributed by atoms with Gasteiger partial charge in [0.15, 0.2) is 0 Å². The smallest absolute Gasteiger partial charge is 0.305 e. The number of esters is 1. The Morgan fingerprint density at radius 3 is 1.17 bits per heavy atom. The lowest BCUT2D eigenvalue weighted by Gasteiger charge is -2.20. The normalized spacial score (nSPS) is 12.9. The van der Waals surface area contributed by atoms with E-state index in [0.29, 0.717) is 19.4 Å². The second kappa shape index (κ2) is 54.7. The summed E-state index contributed by atoms with van der Waals surface area (Å²) in [6.07, 6.45) is 67.4. The summed E-state index contributed by atoms with van der Waals surface area (Å²) in [6.45, 7) is 4.86. The first-order valence-corrected chi connectivity index (χ1v) is 28.8.